The first kappa shape index (κ1) is 19.9. The maximum absolute atomic E-state index is 13.7. The van der Waals surface area contributed by atoms with Gasteiger partial charge in [-0.25, -0.2) is 4.39 Å². The number of hydrogen-bond acceptors (Lipinski definition) is 3. The lowest BCUT2D eigenvalue weighted by molar-refractivity contribution is -0.107. The molecule has 0 fully saturated rings. The minimum Gasteiger partial charge on any atom is -0.303 e. The quantitative estimate of drug-likeness (QED) is 0.446. The van der Waals surface area contributed by atoms with E-state index in [1.54, 1.807) is 17.8 Å². The standard InChI is InChI=1S/C22H22FNOS/c1-4-5-6-12-20-16(2)22(18-10-9-11-19(23)15-18)24-17(3)21(26-20)13-7-8-14-25/h4-7,9-15H,8H2,1-3H3/b5-4-,12-6-,13-7-. The lowest BCUT2D eigenvalue weighted by atomic mass is 10.0. The lowest BCUT2D eigenvalue weighted by Gasteiger charge is -2.09. The van der Waals surface area contributed by atoms with Gasteiger partial charge in [-0.2, -0.15) is 0 Å². The van der Waals surface area contributed by atoms with Crippen LogP contribution < -0.4 is 0 Å². The van der Waals surface area contributed by atoms with Crippen molar-refractivity contribution < 1.29 is 9.18 Å². The van der Waals surface area contributed by atoms with Crippen molar-refractivity contribution in [2.75, 3.05) is 0 Å². The third-order valence-electron chi connectivity index (χ3n) is 3.73. The number of nitrogens with zero attached hydrogens (tertiary/aromatic N) is 1. The molecule has 1 aliphatic rings. The molecule has 1 aromatic carbocycles. The van der Waals surface area contributed by atoms with Crippen molar-refractivity contribution in [1.29, 1.82) is 0 Å². The number of allylic oxidation sites excluding steroid dienone is 8. The topological polar surface area (TPSA) is 29.4 Å². The van der Waals surface area contributed by atoms with Crippen LogP contribution in [0.2, 0.25) is 0 Å². The Morgan fingerprint density at radius 3 is 2.65 bits per heavy atom. The monoisotopic (exact) mass is 367 g/mol. The van der Waals surface area contributed by atoms with Crippen molar-refractivity contribution in [1.82, 2.24) is 0 Å². The maximum atomic E-state index is 13.7. The molecular weight excluding hydrogens is 345 g/mol. The first-order valence-electron chi connectivity index (χ1n) is 8.41. The number of aldehydes is 1. The Hall–Kier alpha value is -2.46. The van der Waals surface area contributed by atoms with Crippen molar-refractivity contribution in [2.24, 2.45) is 4.99 Å². The smallest absolute Gasteiger partial charge is 0.123 e. The summed E-state index contributed by atoms with van der Waals surface area (Å²) in [4.78, 5) is 17.4. The van der Waals surface area contributed by atoms with E-state index in [1.165, 1.54) is 12.1 Å². The van der Waals surface area contributed by atoms with Gasteiger partial charge in [-0.05, 0) is 50.6 Å². The molecule has 0 unspecified atom stereocenters. The molecule has 0 aromatic heterocycles. The van der Waals surface area contributed by atoms with Crippen molar-refractivity contribution in [3.05, 3.63) is 93.2 Å². The molecule has 0 N–H and O–H groups in total. The van der Waals surface area contributed by atoms with Gasteiger partial charge in [0.15, 0.2) is 0 Å². The summed E-state index contributed by atoms with van der Waals surface area (Å²) in [5.74, 6) is -0.284. The number of carbonyl (C=O) groups is 1. The van der Waals surface area contributed by atoms with Crippen LogP contribution in [0.25, 0.3) is 0 Å². The molecule has 0 atom stereocenters. The van der Waals surface area contributed by atoms with Crippen LogP contribution in [0.1, 0.15) is 32.8 Å². The van der Waals surface area contributed by atoms with Crippen molar-refractivity contribution >= 4 is 23.8 Å². The molecule has 134 valence electrons. The van der Waals surface area contributed by atoms with E-state index in [-0.39, 0.29) is 5.82 Å². The van der Waals surface area contributed by atoms with Gasteiger partial charge in [-0.3, -0.25) is 4.99 Å². The summed E-state index contributed by atoms with van der Waals surface area (Å²) in [6.07, 6.45) is 12.9. The van der Waals surface area contributed by atoms with Crippen molar-refractivity contribution in [3.63, 3.8) is 0 Å². The average molecular weight is 367 g/mol. The Bertz CT molecular complexity index is 857. The van der Waals surface area contributed by atoms with Crippen LogP contribution >= 0.6 is 11.8 Å². The highest BCUT2D eigenvalue weighted by Gasteiger charge is 2.17. The fourth-order valence-corrected chi connectivity index (χ4v) is 3.40. The predicted octanol–water partition coefficient (Wildman–Crippen LogP) is 6.14. The number of benzene rings is 1. The van der Waals surface area contributed by atoms with Gasteiger partial charge in [0.25, 0.3) is 0 Å². The molecule has 2 rings (SSSR count). The van der Waals surface area contributed by atoms with Crippen LogP contribution in [0.3, 0.4) is 0 Å². The lowest BCUT2D eigenvalue weighted by Crippen LogP contribution is -2.04. The maximum Gasteiger partial charge on any atom is 0.123 e. The number of rotatable bonds is 6. The average Bonchev–Trinajstić information content (AvgIpc) is 2.74. The Morgan fingerprint density at radius 2 is 1.96 bits per heavy atom. The zero-order valence-electron chi connectivity index (χ0n) is 15.2. The second-order valence-electron chi connectivity index (χ2n) is 5.70. The van der Waals surface area contributed by atoms with E-state index >= 15 is 0 Å². The van der Waals surface area contributed by atoms with Gasteiger partial charge in [0.05, 0.1) is 11.4 Å². The molecule has 2 nitrogen and oxygen atoms in total. The van der Waals surface area contributed by atoms with Crippen LogP contribution in [0.4, 0.5) is 4.39 Å². The van der Waals surface area contributed by atoms with Gasteiger partial charge in [0.2, 0.25) is 0 Å². The van der Waals surface area contributed by atoms with E-state index in [4.69, 9.17) is 4.99 Å². The fraction of sp³-hybridized carbons (Fsp3) is 0.182. The number of aliphatic imine (C=N–C) groups is 1. The Morgan fingerprint density at radius 1 is 1.15 bits per heavy atom. The molecule has 0 bridgehead atoms. The van der Waals surface area contributed by atoms with Gasteiger partial charge < -0.3 is 4.79 Å². The van der Waals surface area contributed by atoms with Gasteiger partial charge in [-0.1, -0.05) is 48.2 Å². The minimum absolute atomic E-state index is 0.284. The highest BCUT2D eigenvalue weighted by atomic mass is 32.2. The zero-order valence-corrected chi connectivity index (χ0v) is 16.0. The summed E-state index contributed by atoms with van der Waals surface area (Å²) in [6.45, 7) is 5.89. The Balaban J connectivity index is 2.58. The molecular formula is C22H22FNOS. The molecule has 0 radical (unpaired) electrons. The van der Waals surface area contributed by atoms with Crippen LogP contribution in [0.5, 0.6) is 0 Å². The van der Waals surface area contributed by atoms with Crippen molar-refractivity contribution in [3.8, 4) is 0 Å². The fourth-order valence-electron chi connectivity index (χ4n) is 2.41. The molecule has 0 aliphatic carbocycles. The molecule has 4 heteroatoms. The van der Waals surface area contributed by atoms with E-state index < -0.39 is 0 Å². The SMILES string of the molecule is C/C=C\C=C/C1=C(C)C(c2cccc(F)c2)=NC(C)=C(/C=C\CC=O)S1. The molecule has 26 heavy (non-hydrogen) atoms. The molecule has 0 amide bonds. The normalized spacial score (nSPS) is 16.1. The predicted molar refractivity (Wildman–Crippen MR) is 110 cm³/mol. The number of halogens is 1. The van der Waals surface area contributed by atoms with Gasteiger partial charge in [-0.15, -0.1) is 0 Å². The van der Waals surface area contributed by atoms with E-state index in [0.717, 1.165) is 38.6 Å². The number of carbonyl (C=O) groups excluding carboxylic acids is 1. The van der Waals surface area contributed by atoms with Crippen LogP contribution in [0, 0.1) is 5.82 Å². The van der Waals surface area contributed by atoms with E-state index in [1.807, 2.05) is 63.3 Å². The highest BCUT2D eigenvalue weighted by molar-refractivity contribution is 8.07. The first-order chi connectivity index (χ1) is 12.6. The van der Waals surface area contributed by atoms with E-state index in [2.05, 4.69) is 0 Å². The summed E-state index contributed by atoms with van der Waals surface area (Å²) in [6, 6.07) is 6.49. The van der Waals surface area contributed by atoms with Crippen LogP contribution in [-0.2, 0) is 4.79 Å². The van der Waals surface area contributed by atoms with E-state index in [9.17, 15) is 9.18 Å². The molecule has 1 aliphatic heterocycles. The second-order valence-corrected chi connectivity index (χ2v) is 6.79. The summed E-state index contributed by atoms with van der Waals surface area (Å²) >= 11 is 1.60. The third kappa shape index (κ3) is 5.27. The van der Waals surface area contributed by atoms with Crippen LogP contribution in [-0.4, -0.2) is 12.0 Å². The number of thioether (sulfide) groups is 1. The van der Waals surface area contributed by atoms with Crippen molar-refractivity contribution in [2.45, 2.75) is 27.2 Å². The largest absolute Gasteiger partial charge is 0.303 e. The van der Waals surface area contributed by atoms with Crippen LogP contribution in [0.15, 0.2) is 86.8 Å². The second kappa shape index (κ2) is 9.88. The van der Waals surface area contributed by atoms with Gasteiger partial charge in [0, 0.05) is 21.8 Å². The molecule has 0 saturated carbocycles. The zero-order chi connectivity index (χ0) is 18.9. The van der Waals surface area contributed by atoms with Gasteiger partial charge in [0.1, 0.15) is 12.1 Å². The molecule has 0 spiro atoms. The minimum atomic E-state index is -0.284. The molecule has 0 saturated heterocycles. The van der Waals surface area contributed by atoms with E-state index in [0.29, 0.717) is 6.42 Å². The molecule has 1 heterocycles. The number of hydrogen-bond donors (Lipinski definition) is 0. The third-order valence-corrected chi connectivity index (χ3v) is 5.05. The molecule has 1 aromatic rings. The Labute approximate surface area is 158 Å². The summed E-state index contributed by atoms with van der Waals surface area (Å²) in [5, 5.41) is 0. The summed E-state index contributed by atoms with van der Waals surface area (Å²) in [7, 11) is 0. The first-order valence-corrected chi connectivity index (χ1v) is 9.22. The van der Waals surface area contributed by atoms with Gasteiger partial charge >= 0.3 is 0 Å². The summed E-state index contributed by atoms with van der Waals surface area (Å²) in [5.41, 5.74) is 3.33. The Kier molecular flexibility index (Phi) is 7.54. The summed E-state index contributed by atoms with van der Waals surface area (Å²) < 4.78 is 13.7. The highest BCUT2D eigenvalue weighted by Crippen LogP contribution is 2.37.